The molecule has 0 unspecified atom stereocenters. The van der Waals surface area contributed by atoms with Crippen LogP contribution < -0.4 is 0 Å². The number of pyridine rings is 1. The molecule has 0 saturated carbocycles. The van der Waals surface area contributed by atoms with Gasteiger partial charge >= 0.3 is 0 Å². The molecule has 3 rings (SSSR count). The Morgan fingerprint density at radius 3 is 3.00 bits per heavy atom. The average molecular weight is 302 g/mol. The second-order valence-corrected chi connectivity index (χ2v) is 6.09. The largest absolute Gasteiger partial charge is 0.370 e. The molecule has 1 saturated heterocycles. The third-order valence-electron chi connectivity index (χ3n) is 3.66. The van der Waals surface area contributed by atoms with Crippen molar-refractivity contribution in [2.24, 2.45) is 0 Å². The van der Waals surface area contributed by atoms with Crippen molar-refractivity contribution >= 4 is 17.2 Å². The second-order valence-electron chi connectivity index (χ2n) is 5.06. The van der Waals surface area contributed by atoms with Crippen LogP contribution in [-0.4, -0.2) is 35.5 Å². The summed E-state index contributed by atoms with van der Waals surface area (Å²) in [6, 6.07) is 8.00. The summed E-state index contributed by atoms with van der Waals surface area (Å²) >= 11 is 1.71. The number of aromatic nitrogens is 1. The Bertz CT molecular complexity index is 571. The van der Waals surface area contributed by atoms with Crippen molar-refractivity contribution in [3.05, 3.63) is 52.5 Å². The Balaban J connectivity index is 1.56. The lowest BCUT2D eigenvalue weighted by Gasteiger charge is -2.33. The fourth-order valence-electron chi connectivity index (χ4n) is 2.50. The van der Waals surface area contributed by atoms with Crippen molar-refractivity contribution in [2.75, 3.05) is 19.7 Å². The first-order valence-corrected chi connectivity index (χ1v) is 8.02. The van der Waals surface area contributed by atoms with Gasteiger partial charge in [-0.1, -0.05) is 6.07 Å². The lowest BCUT2D eigenvalue weighted by molar-refractivity contribution is -0.139. The van der Waals surface area contributed by atoms with Gasteiger partial charge in [-0.05, 0) is 35.6 Å². The first-order valence-electron chi connectivity index (χ1n) is 7.14. The number of hydrogen-bond donors (Lipinski definition) is 0. The number of morpholine rings is 1. The maximum Gasteiger partial charge on any atom is 0.223 e. The zero-order valence-corrected chi connectivity index (χ0v) is 12.6. The molecule has 1 amide bonds. The van der Waals surface area contributed by atoms with Gasteiger partial charge < -0.3 is 9.64 Å². The van der Waals surface area contributed by atoms with Gasteiger partial charge in [0.25, 0.3) is 0 Å². The summed E-state index contributed by atoms with van der Waals surface area (Å²) in [6.45, 7) is 1.91. The number of carbonyl (C=O) groups excluding carboxylic acids is 1. The van der Waals surface area contributed by atoms with Crippen molar-refractivity contribution in [2.45, 2.75) is 18.9 Å². The molecule has 1 aliphatic heterocycles. The molecule has 1 atom stereocenters. The molecule has 4 nitrogen and oxygen atoms in total. The summed E-state index contributed by atoms with van der Waals surface area (Å²) in [4.78, 5) is 19.5. The van der Waals surface area contributed by atoms with Crippen LogP contribution in [0, 0.1) is 0 Å². The molecule has 21 heavy (non-hydrogen) atoms. The minimum atomic E-state index is -0.0348. The van der Waals surface area contributed by atoms with Crippen molar-refractivity contribution in [1.82, 2.24) is 9.88 Å². The van der Waals surface area contributed by atoms with Crippen LogP contribution in [0.5, 0.6) is 0 Å². The first-order chi connectivity index (χ1) is 10.3. The van der Waals surface area contributed by atoms with Crippen LogP contribution >= 0.6 is 11.3 Å². The summed E-state index contributed by atoms with van der Waals surface area (Å²) < 4.78 is 5.78. The van der Waals surface area contributed by atoms with Crippen molar-refractivity contribution in [1.29, 1.82) is 0 Å². The summed E-state index contributed by atoms with van der Waals surface area (Å²) in [5.74, 6) is 0.214. The van der Waals surface area contributed by atoms with E-state index in [1.807, 2.05) is 28.5 Å². The molecule has 110 valence electrons. The molecule has 1 aliphatic rings. The zero-order valence-electron chi connectivity index (χ0n) is 11.8. The molecular formula is C16H18N2O2S. The zero-order chi connectivity index (χ0) is 14.5. The van der Waals surface area contributed by atoms with E-state index in [0.717, 1.165) is 12.0 Å². The van der Waals surface area contributed by atoms with Gasteiger partial charge in [0.1, 0.15) is 6.10 Å². The molecule has 0 aliphatic carbocycles. The highest BCUT2D eigenvalue weighted by Crippen LogP contribution is 2.22. The lowest BCUT2D eigenvalue weighted by atomic mass is 10.1. The normalized spacial score (nSPS) is 18.7. The second kappa shape index (κ2) is 6.83. The highest BCUT2D eigenvalue weighted by atomic mass is 32.1. The number of aryl methyl sites for hydroxylation is 1. The number of rotatable bonds is 4. The van der Waals surface area contributed by atoms with Crippen LogP contribution in [-0.2, 0) is 16.0 Å². The van der Waals surface area contributed by atoms with Crippen molar-refractivity contribution in [3.63, 3.8) is 0 Å². The third kappa shape index (κ3) is 3.68. The topological polar surface area (TPSA) is 42.4 Å². The van der Waals surface area contributed by atoms with Crippen molar-refractivity contribution < 1.29 is 9.53 Å². The number of ether oxygens (including phenoxy) is 1. The molecule has 5 heteroatoms. The number of carbonyl (C=O) groups is 1. The minimum Gasteiger partial charge on any atom is -0.370 e. The van der Waals surface area contributed by atoms with Gasteiger partial charge in [-0.25, -0.2) is 0 Å². The SMILES string of the molecule is O=C(CCc1cccs1)N1CCO[C@@H](c2ccncc2)C1. The number of nitrogens with zero attached hydrogens (tertiary/aromatic N) is 2. The molecule has 3 heterocycles. The van der Waals surface area contributed by atoms with Crippen LogP contribution in [0.3, 0.4) is 0 Å². The summed E-state index contributed by atoms with van der Waals surface area (Å²) in [5, 5.41) is 2.05. The molecule has 0 radical (unpaired) electrons. The smallest absolute Gasteiger partial charge is 0.223 e. The minimum absolute atomic E-state index is 0.0348. The van der Waals surface area contributed by atoms with Crippen molar-refractivity contribution in [3.8, 4) is 0 Å². The summed E-state index contributed by atoms with van der Waals surface area (Å²) in [5.41, 5.74) is 1.08. The van der Waals surface area contributed by atoms with Gasteiger partial charge in [-0.2, -0.15) is 0 Å². The van der Waals surface area contributed by atoms with E-state index in [9.17, 15) is 4.79 Å². The van der Waals surface area contributed by atoms with Gasteiger partial charge in [-0.3, -0.25) is 9.78 Å². The van der Waals surface area contributed by atoms with E-state index in [1.165, 1.54) is 4.88 Å². The van der Waals surface area contributed by atoms with E-state index in [1.54, 1.807) is 23.7 Å². The van der Waals surface area contributed by atoms with Crippen LogP contribution in [0.2, 0.25) is 0 Å². The van der Waals surface area contributed by atoms with E-state index in [-0.39, 0.29) is 12.0 Å². The Labute approximate surface area is 128 Å². The maximum absolute atomic E-state index is 12.3. The molecule has 0 aromatic carbocycles. The quantitative estimate of drug-likeness (QED) is 0.872. The average Bonchev–Trinajstić information content (AvgIpc) is 3.07. The van der Waals surface area contributed by atoms with Gasteiger partial charge in [0.15, 0.2) is 0 Å². The molecule has 0 spiro atoms. The summed E-state index contributed by atoms with van der Waals surface area (Å²) in [7, 11) is 0. The predicted molar refractivity (Wildman–Crippen MR) is 82.2 cm³/mol. The predicted octanol–water partition coefficient (Wildman–Crippen LogP) is 2.68. The van der Waals surface area contributed by atoms with E-state index in [4.69, 9.17) is 4.74 Å². The number of hydrogen-bond acceptors (Lipinski definition) is 4. The molecule has 2 aromatic heterocycles. The Morgan fingerprint density at radius 1 is 1.38 bits per heavy atom. The Morgan fingerprint density at radius 2 is 2.24 bits per heavy atom. The monoisotopic (exact) mass is 302 g/mol. The molecular weight excluding hydrogens is 284 g/mol. The van der Waals surface area contributed by atoms with Gasteiger partial charge in [0.2, 0.25) is 5.91 Å². The Kier molecular flexibility index (Phi) is 4.62. The van der Waals surface area contributed by atoms with E-state index in [0.29, 0.717) is 26.1 Å². The molecule has 0 N–H and O–H groups in total. The standard InChI is InChI=1S/C16H18N2O2S/c19-16(4-3-14-2-1-11-21-14)18-9-10-20-15(12-18)13-5-7-17-8-6-13/h1-2,5-8,11,15H,3-4,9-10,12H2/t15-/m1/s1. The first kappa shape index (κ1) is 14.2. The number of amides is 1. The van der Waals surface area contributed by atoms with E-state index >= 15 is 0 Å². The molecule has 1 fully saturated rings. The fraction of sp³-hybridized carbons (Fsp3) is 0.375. The highest BCUT2D eigenvalue weighted by Gasteiger charge is 2.25. The fourth-order valence-corrected chi connectivity index (χ4v) is 3.21. The Hall–Kier alpha value is -1.72. The molecule has 0 bridgehead atoms. The van der Waals surface area contributed by atoms with Crippen LogP contribution in [0.1, 0.15) is 23.0 Å². The number of thiophene rings is 1. The maximum atomic E-state index is 12.3. The van der Waals surface area contributed by atoms with Crippen LogP contribution in [0.15, 0.2) is 42.0 Å². The van der Waals surface area contributed by atoms with Crippen LogP contribution in [0.4, 0.5) is 0 Å². The van der Waals surface area contributed by atoms with Gasteiger partial charge in [0, 0.05) is 30.2 Å². The lowest BCUT2D eigenvalue weighted by Crippen LogP contribution is -2.42. The van der Waals surface area contributed by atoms with Crippen LogP contribution in [0.25, 0.3) is 0 Å². The van der Waals surface area contributed by atoms with E-state index in [2.05, 4.69) is 11.1 Å². The van der Waals surface area contributed by atoms with Gasteiger partial charge in [0.05, 0.1) is 13.2 Å². The van der Waals surface area contributed by atoms with E-state index < -0.39 is 0 Å². The molecule has 2 aromatic rings. The highest BCUT2D eigenvalue weighted by molar-refractivity contribution is 7.09. The summed E-state index contributed by atoms with van der Waals surface area (Å²) in [6.07, 6.45) is 4.89. The third-order valence-corrected chi connectivity index (χ3v) is 4.60. The van der Waals surface area contributed by atoms with Gasteiger partial charge in [-0.15, -0.1) is 11.3 Å².